The van der Waals surface area contributed by atoms with Crippen molar-refractivity contribution in [1.29, 1.82) is 0 Å². The Kier molecular flexibility index (Phi) is 6.64. The smallest absolute Gasteiger partial charge is 0.306 e. The van der Waals surface area contributed by atoms with Gasteiger partial charge < -0.3 is 10.1 Å². The van der Waals surface area contributed by atoms with Crippen molar-refractivity contribution in [2.24, 2.45) is 0 Å². The molecule has 0 aliphatic heterocycles. The molecule has 0 heterocycles. The summed E-state index contributed by atoms with van der Waals surface area (Å²) in [7, 11) is 0. The Morgan fingerprint density at radius 1 is 1.04 bits per heavy atom. The summed E-state index contributed by atoms with van der Waals surface area (Å²) in [6.07, 6.45) is 0.199. The Morgan fingerprint density at radius 3 is 2.29 bits per heavy atom. The van der Waals surface area contributed by atoms with Crippen LogP contribution in [-0.4, -0.2) is 18.5 Å². The molecule has 1 atom stereocenters. The number of benzene rings is 2. The van der Waals surface area contributed by atoms with Crippen molar-refractivity contribution in [2.75, 3.05) is 11.9 Å². The molecule has 2 aromatic carbocycles. The molecule has 2 rings (SSSR count). The van der Waals surface area contributed by atoms with Gasteiger partial charge in [0.15, 0.2) is 6.61 Å². The molecular formula is C18H17Cl2NO3. The number of halogens is 2. The molecule has 0 spiro atoms. The van der Waals surface area contributed by atoms with Gasteiger partial charge in [-0.25, -0.2) is 0 Å². The van der Waals surface area contributed by atoms with E-state index in [9.17, 15) is 9.59 Å². The number of nitrogens with one attached hydrogen (secondary N) is 1. The highest BCUT2D eigenvalue weighted by molar-refractivity contribution is 6.39. The summed E-state index contributed by atoms with van der Waals surface area (Å²) in [5.74, 6) is -0.919. The first-order chi connectivity index (χ1) is 11.5. The standard InChI is InChI=1S/C18H17Cl2NO3/c1-12(13-6-3-2-4-7-13)10-17(23)24-11-16(22)21-18-14(19)8-5-9-15(18)20/h2-9,12H,10-11H2,1H3,(H,21,22). The second kappa shape index (κ2) is 8.71. The fourth-order valence-corrected chi connectivity index (χ4v) is 2.64. The van der Waals surface area contributed by atoms with Gasteiger partial charge in [0.1, 0.15) is 0 Å². The van der Waals surface area contributed by atoms with Crippen LogP contribution in [0.3, 0.4) is 0 Å². The van der Waals surface area contributed by atoms with Crippen LogP contribution in [0.25, 0.3) is 0 Å². The number of esters is 1. The van der Waals surface area contributed by atoms with Gasteiger partial charge in [-0.15, -0.1) is 0 Å². The van der Waals surface area contributed by atoms with Gasteiger partial charge in [0, 0.05) is 0 Å². The highest BCUT2D eigenvalue weighted by atomic mass is 35.5. The van der Waals surface area contributed by atoms with E-state index in [1.54, 1.807) is 18.2 Å². The molecule has 0 aliphatic rings. The first kappa shape index (κ1) is 18.3. The van der Waals surface area contributed by atoms with E-state index in [2.05, 4.69) is 5.32 Å². The average Bonchev–Trinajstić information content (AvgIpc) is 2.57. The molecule has 1 amide bonds. The van der Waals surface area contributed by atoms with Crippen molar-refractivity contribution in [2.45, 2.75) is 19.3 Å². The number of rotatable bonds is 6. The first-order valence-electron chi connectivity index (χ1n) is 7.42. The molecule has 0 aromatic heterocycles. The lowest BCUT2D eigenvalue weighted by Gasteiger charge is -2.12. The average molecular weight is 366 g/mol. The summed E-state index contributed by atoms with van der Waals surface area (Å²) in [6, 6.07) is 14.5. The molecule has 0 radical (unpaired) electrons. The maximum atomic E-state index is 11.9. The van der Waals surface area contributed by atoms with E-state index in [0.717, 1.165) is 5.56 Å². The number of carbonyl (C=O) groups excluding carboxylic acids is 2. The van der Waals surface area contributed by atoms with Crippen LogP contribution in [0.5, 0.6) is 0 Å². The number of hydrogen-bond acceptors (Lipinski definition) is 3. The normalized spacial score (nSPS) is 11.6. The minimum Gasteiger partial charge on any atom is -0.456 e. The summed E-state index contributed by atoms with van der Waals surface area (Å²) in [5.41, 5.74) is 1.35. The molecule has 0 aliphatic carbocycles. The monoisotopic (exact) mass is 365 g/mol. The van der Waals surface area contributed by atoms with Crippen LogP contribution in [0, 0.1) is 0 Å². The van der Waals surface area contributed by atoms with E-state index in [1.807, 2.05) is 37.3 Å². The van der Waals surface area contributed by atoms with Gasteiger partial charge >= 0.3 is 5.97 Å². The Hall–Kier alpha value is -2.04. The van der Waals surface area contributed by atoms with Crippen LogP contribution in [0.2, 0.25) is 10.0 Å². The topological polar surface area (TPSA) is 55.4 Å². The van der Waals surface area contributed by atoms with E-state index in [0.29, 0.717) is 15.7 Å². The largest absolute Gasteiger partial charge is 0.456 e. The summed E-state index contributed by atoms with van der Waals surface area (Å²) >= 11 is 11.9. The van der Waals surface area contributed by atoms with Crippen molar-refractivity contribution in [3.05, 3.63) is 64.1 Å². The van der Waals surface area contributed by atoms with Crippen LogP contribution >= 0.6 is 23.2 Å². The van der Waals surface area contributed by atoms with Crippen LogP contribution in [0.15, 0.2) is 48.5 Å². The van der Waals surface area contributed by atoms with Crippen LogP contribution in [-0.2, 0) is 14.3 Å². The van der Waals surface area contributed by atoms with Crippen molar-refractivity contribution >= 4 is 40.8 Å². The third-order valence-corrected chi connectivity index (χ3v) is 4.06. The Morgan fingerprint density at radius 2 is 1.67 bits per heavy atom. The van der Waals surface area contributed by atoms with Gasteiger partial charge in [0.2, 0.25) is 0 Å². The number of ether oxygens (including phenoxy) is 1. The number of carbonyl (C=O) groups is 2. The number of hydrogen-bond donors (Lipinski definition) is 1. The highest BCUT2D eigenvalue weighted by Crippen LogP contribution is 2.29. The lowest BCUT2D eigenvalue weighted by molar-refractivity contribution is -0.147. The van der Waals surface area contributed by atoms with E-state index in [1.165, 1.54) is 0 Å². The zero-order chi connectivity index (χ0) is 17.5. The predicted octanol–water partition coefficient (Wildman–Crippen LogP) is 4.67. The molecule has 0 saturated heterocycles. The number of amides is 1. The summed E-state index contributed by atoms with van der Waals surface area (Å²) in [4.78, 5) is 23.7. The SMILES string of the molecule is CC(CC(=O)OCC(=O)Nc1c(Cl)cccc1Cl)c1ccccc1. The summed E-state index contributed by atoms with van der Waals surface area (Å²) in [6.45, 7) is 1.54. The van der Waals surface area contributed by atoms with E-state index in [4.69, 9.17) is 27.9 Å². The van der Waals surface area contributed by atoms with Crippen LogP contribution < -0.4 is 5.32 Å². The Bertz CT molecular complexity index is 699. The van der Waals surface area contributed by atoms with E-state index in [-0.39, 0.29) is 18.9 Å². The fourth-order valence-electron chi connectivity index (χ4n) is 2.15. The highest BCUT2D eigenvalue weighted by Gasteiger charge is 2.15. The third-order valence-electron chi connectivity index (χ3n) is 3.43. The van der Waals surface area contributed by atoms with Crippen molar-refractivity contribution < 1.29 is 14.3 Å². The van der Waals surface area contributed by atoms with Crippen molar-refractivity contribution in [3.8, 4) is 0 Å². The molecule has 126 valence electrons. The number of anilines is 1. The van der Waals surface area contributed by atoms with Gasteiger partial charge in [-0.3, -0.25) is 9.59 Å². The second-order valence-electron chi connectivity index (χ2n) is 5.32. The zero-order valence-corrected chi connectivity index (χ0v) is 14.6. The van der Waals surface area contributed by atoms with Gasteiger partial charge in [-0.1, -0.05) is 66.5 Å². The minimum atomic E-state index is -0.495. The van der Waals surface area contributed by atoms with Crippen molar-refractivity contribution in [1.82, 2.24) is 0 Å². The van der Waals surface area contributed by atoms with Crippen molar-refractivity contribution in [3.63, 3.8) is 0 Å². The van der Waals surface area contributed by atoms with Gasteiger partial charge in [-0.05, 0) is 23.6 Å². The van der Waals surface area contributed by atoms with Gasteiger partial charge in [-0.2, -0.15) is 0 Å². The molecule has 24 heavy (non-hydrogen) atoms. The van der Waals surface area contributed by atoms with E-state index < -0.39 is 11.9 Å². The number of para-hydroxylation sites is 1. The van der Waals surface area contributed by atoms with Crippen LogP contribution in [0.4, 0.5) is 5.69 Å². The van der Waals surface area contributed by atoms with E-state index >= 15 is 0 Å². The summed E-state index contributed by atoms with van der Waals surface area (Å²) in [5, 5.41) is 3.18. The molecule has 1 N–H and O–H groups in total. The fraction of sp³-hybridized carbons (Fsp3) is 0.222. The second-order valence-corrected chi connectivity index (χ2v) is 6.14. The van der Waals surface area contributed by atoms with Crippen LogP contribution in [0.1, 0.15) is 24.8 Å². The molecular weight excluding hydrogens is 349 g/mol. The van der Waals surface area contributed by atoms with Gasteiger partial charge in [0.25, 0.3) is 5.91 Å². The molecule has 6 heteroatoms. The Labute approximate surface area is 150 Å². The predicted molar refractivity (Wildman–Crippen MR) is 95.5 cm³/mol. The Balaban J connectivity index is 1.82. The zero-order valence-electron chi connectivity index (χ0n) is 13.1. The lowest BCUT2D eigenvalue weighted by Crippen LogP contribution is -2.21. The maximum Gasteiger partial charge on any atom is 0.306 e. The lowest BCUT2D eigenvalue weighted by atomic mass is 9.98. The third kappa shape index (κ3) is 5.25. The molecule has 0 fully saturated rings. The summed E-state index contributed by atoms with van der Waals surface area (Å²) < 4.78 is 5.01. The molecule has 0 saturated carbocycles. The van der Waals surface area contributed by atoms with Gasteiger partial charge in [0.05, 0.1) is 22.2 Å². The molecule has 0 bridgehead atoms. The quantitative estimate of drug-likeness (QED) is 0.756. The molecule has 2 aromatic rings. The minimum absolute atomic E-state index is 0.0137. The molecule has 4 nitrogen and oxygen atoms in total. The first-order valence-corrected chi connectivity index (χ1v) is 8.17. The molecule has 1 unspecified atom stereocenters. The maximum absolute atomic E-state index is 11.9.